The highest BCUT2D eigenvalue weighted by Gasteiger charge is 2.22. The van der Waals surface area contributed by atoms with E-state index in [9.17, 15) is 9.59 Å². The SMILES string of the molecule is O=C(O)CCCc1nc2cc(C(=O)NC3CCCc4ccccc43)ccc2nc1-c1ccccc1. The molecule has 35 heavy (non-hydrogen) atoms. The molecule has 0 saturated heterocycles. The first-order valence-corrected chi connectivity index (χ1v) is 12.0. The lowest BCUT2D eigenvalue weighted by molar-refractivity contribution is -0.137. The number of aromatic nitrogens is 2. The van der Waals surface area contributed by atoms with E-state index in [0.717, 1.165) is 36.2 Å². The van der Waals surface area contributed by atoms with Crippen LogP contribution in [0.1, 0.15) is 58.9 Å². The van der Waals surface area contributed by atoms with Crippen LogP contribution in [0, 0.1) is 0 Å². The van der Waals surface area contributed by atoms with E-state index in [0.29, 0.717) is 29.4 Å². The molecule has 1 heterocycles. The number of carbonyl (C=O) groups excluding carboxylic acids is 1. The zero-order valence-electron chi connectivity index (χ0n) is 19.4. The van der Waals surface area contributed by atoms with E-state index in [4.69, 9.17) is 15.1 Å². The predicted octanol–water partition coefficient (Wildman–Crippen LogP) is 5.51. The summed E-state index contributed by atoms with van der Waals surface area (Å²) in [5.74, 6) is -0.960. The van der Waals surface area contributed by atoms with E-state index in [1.807, 2.05) is 48.5 Å². The molecule has 5 rings (SSSR count). The maximum Gasteiger partial charge on any atom is 0.303 e. The van der Waals surface area contributed by atoms with Crippen molar-refractivity contribution in [3.8, 4) is 11.3 Å². The first-order valence-electron chi connectivity index (χ1n) is 12.0. The molecule has 1 unspecified atom stereocenters. The van der Waals surface area contributed by atoms with Crippen LogP contribution in [0.25, 0.3) is 22.3 Å². The van der Waals surface area contributed by atoms with Crippen LogP contribution >= 0.6 is 0 Å². The zero-order valence-corrected chi connectivity index (χ0v) is 19.4. The summed E-state index contributed by atoms with van der Waals surface area (Å²) < 4.78 is 0. The topological polar surface area (TPSA) is 92.2 Å². The highest BCUT2D eigenvalue weighted by molar-refractivity contribution is 5.97. The van der Waals surface area contributed by atoms with Crippen molar-refractivity contribution in [3.63, 3.8) is 0 Å². The molecule has 1 amide bonds. The minimum absolute atomic E-state index is 0.00117. The van der Waals surface area contributed by atoms with Gasteiger partial charge >= 0.3 is 5.97 Å². The van der Waals surface area contributed by atoms with Gasteiger partial charge in [0.15, 0.2) is 0 Å². The normalized spacial score (nSPS) is 14.9. The van der Waals surface area contributed by atoms with Crippen molar-refractivity contribution in [1.82, 2.24) is 15.3 Å². The molecule has 0 bridgehead atoms. The van der Waals surface area contributed by atoms with Crippen molar-refractivity contribution in [1.29, 1.82) is 0 Å². The van der Waals surface area contributed by atoms with Crippen LogP contribution < -0.4 is 5.32 Å². The second-order valence-electron chi connectivity index (χ2n) is 8.95. The van der Waals surface area contributed by atoms with Gasteiger partial charge in [0.05, 0.1) is 28.5 Å². The average molecular weight is 466 g/mol. The van der Waals surface area contributed by atoms with Crippen molar-refractivity contribution in [2.24, 2.45) is 0 Å². The van der Waals surface area contributed by atoms with E-state index in [1.54, 1.807) is 12.1 Å². The molecule has 4 aromatic rings. The number of amides is 1. The summed E-state index contributed by atoms with van der Waals surface area (Å²) in [7, 11) is 0. The van der Waals surface area contributed by atoms with Crippen LogP contribution in [0.4, 0.5) is 0 Å². The summed E-state index contributed by atoms with van der Waals surface area (Å²) in [5, 5.41) is 12.3. The number of nitrogens with zero attached hydrogens (tertiary/aromatic N) is 2. The Hall–Kier alpha value is -4.06. The summed E-state index contributed by atoms with van der Waals surface area (Å²) in [6.07, 6.45) is 4.05. The van der Waals surface area contributed by atoms with E-state index in [-0.39, 0.29) is 18.4 Å². The maximum atomic E-state index is 13.2. The van der Waals surface area contributed by atoms with Crippen LogP contribution in [-0.2, 0) is 17.6 Å². The molecule has 176 valence electrons. The summed E-state index contributed by atoms with van der Waals surface area (Å²) >= 11 is 0. The summed E-state index contributed by atoms with van der Waals surface area (Å²) in [5.41, 5.74) is 6.79. The van der Waals surface area contributed by atoms with Crippen molar-refractivity contribution in [2.75, 3.05) is 0 Å². The van der Waals surface area contributed by atoms with Crippen LogP contribution in [0.5, 0.6) is 0 Å². The van der Waals surface area contributed by atoms with Crippen LogP contribution in [-0.4, -0.2) is 27.0 Å². The molecule has 2 N–H and O–H groups in total. The standard InChI is InChI=1S/C29H27N3O3/c33-27(34)15-7-14-25-28(20-9-2-1-3-10-20)31-24-17-16-21(18-26(24)30-25)29(35)32-23-13-6-11-19-8-4-5-12-22(19)23/h1-5,8-10,12,16-18,23H,6-7,11,13-15H2,(H,32,35)(H,33,34). The molecule has 1 aromatic heterocycles. The first kappa shape index (κ1) is 22.7. The van der Waals surface area contributed by atoms with Crippen LogP contribution in [0.15, 0.2) is 72.8 Å². The summed E-state index contributed by atoms with van der Waals surface area (Å²) in [6, 6.07) is 23.5. The van der Waals surface area contributed by atoms with Gasteiger partial charge in [0.25, 0.3) is 5.91 Å². The van der Waals surface area contributed by atoms with Crippen LogP contribution in [0.2, 0.25) is 0 Å². The van der Waals surface area contributed by atoms with Gasteiger partial charge < -0.3 is 10.4 Å². The van der Waals surface area contributed by atoms with Crippen LogP contribution in [0.3, 0.4) is 0 Å². The molecule has 0 aliphatic heterocycles. The number of hydrogen-bond acceptors (Lipinski definition) is 4. The van der Waals surface area contributed by atoms with Gasteiger partial charge in [-0.3, -0.25) is 9.59 Å². The summed E-state index contributed by atoms with van der Waals surface area (Å²) in [4.78, 5) is 33.9. The quantitative estimate of drug-likeness (QED) is 0.375. The molecule has 6 heteroatoms. The Balaban J connectivity index is 1.45. The van der Waals surface area contributed by atoms with Gasteiger partial charge in [0.1, 0.15) is 0 Å². The lowest BCUT2D eigenvalue weighted by Crippen LogP contribution is -2.31. The third kappa shape index (κ3) is 5.06. The minimum Gasteiger partial charge on any atom is -0.481 e. The monoisotopic (exact) mass is 465 g/mol. The lowest BCUT2D eigenvalue weighted by Gasteiger charge is -2.26. The number of benzene rings is 3. The Labute approximate surface area is 204 Å². The number of fused-ring (bicyclic) bond motifs is 2. The van der Waals surface area contributed by atoms with E-state index < -0.39 is 5.97 Å². The second-order valence-corrected chi connectivity index (χ2v) is 8.95. The minimum atomic E-state index is -0.830. The Kier molecular flexibility index (Phi) is 6.53. The lowest BCUT2D eigenvalue weighted by atomic mass is 9.87. The molecular weight excluding hydrogens is 438 g/mol. The second kappa shape index (κ2) is 10.1. The number of carboxylic acids is 1. The summed E-state index contributed by atoms with van der Waals surface area (Å²) in [6.45, 7) is 0. The number of carboxylic acid groups (broad SMARTS) is 1. The van der Waals surface area contributed by atoms with Crippen molar-refractivity contribution in [2.45, 2.75) is 44.6 Å². The smallest absolute Gasteiger partial charge is 0.303 e. The Bertz CT molecular complexity index is 1380. The largest absolute Gasteiger partial charge is 0.481 e. The number of carbonyl (C=O) groups is 2. The van der Waals surface area contributed by atoms with Gasteiger partial charge in [0, 0.05) is 17.5 Å². The highest BCUT2D eigenvalue weighted by atomic mass is 16.4. The van der Waals surface area contributed by atoms with E-state index in [2.05, 4.69) is 17.4 Å². The third-order valence-electron chi connectivity index (χ3n) is 6.52. The number of aliphatic carboxylic acids is 1. The Morgan fingerprint density at radius 3 is 2.57 bits per heavy atom. The zero-order chi connectivity index (χ0) is 24.2. The first-order chi connectivity index (χ1) is 17.1. The Morgan fingerprint density at radius 1 is 0.943 bits per heavy atom. The predicted molar refractivity (Wildman–Crippen MR) is 135 cm³/mol. The molecule has 1 aliphatic rings. The molecule has 1 atom stereocenters. The number of aryl methyl sites for hydroxylation is 2. The molecule has 0 spiro atoms. The number of nitrogens with one attached hydrogen (secondary N) is 1. The van der Waals surface area contributed by atoms with E-state index >= 15 is 0 Å². The van der Waals surface area contributed by atoms with Gasteiger partial charge in [-0.05, 0) is 61.4 Å². The molecule has 0 saturated carbocycles. The molecule has 1 aliphatic carbocycles. The van der Waals surface area contributed by atoms with Crippen molar-refractivity contribution >= 4 is 22.9 Å². The maximum absolute atomic E-state index is 13.2. The number of rotatable bonds is 7. The fourth-order valence-electron chi connectivity index (χ4n) is 4.79. The van der Waals surface area contributed by atoms with Gasteiger partial charge in [-0.2, -0.15) is 0 Å². The van der Waals surface area contributed by atoms with Gasteiger partial charge in [-0.1, -0.05) is 54.6 Å². The fourth-order valence-corrected chi connectivity index (χ4v) is 4.79. The molecule has 3 aromatic carbocycles. The fraction of sp³-hybridized carbons (Fsp3) is 0.241. The molecule has 0 fully saturated rings. The van der Waals surface area contributed by atoms with Crippen molar-refractivity contribution in [3.05, 3.63) is 95.2 Å². The molecule has 6 nitrogen and oxygen atoms in total. The van der Waals surface area contributed by atoms with Gasteiger partial charge in [-0.25, -0.2) is 9.97 Å². The molecular formula is C29H27N3O3. The van der Waals surface area contributed by atoms with Gasteiger partial charge in [-0.15, -0.1) is 0 Å². The van der Waals surface area contributed by atoms with Crippen molar-refractivity contribution < 1.29 is 14.7 Å². The third-order valence-corrected chi connectivity index (χ3v) is 6.52. The Morgan fingerprint density at radius 2 is 1.74 bits per heavy atom. The number of hydrogen-bond donors (Lipinski definition) is 2. The van der Waals surface area contributed by atoms with E-state index in [1.165, 1.54) is 11.1 Å². The average Bonchev–Trinajstić information content (AvgIpc) is 2.88. The van der Waals surface area contributed by atoms with Gasteiger partial charge in [0.2, 0.25) is 0 Å². The molecule has 0 radical (unpaired) electrons. The highest BCUT2D eigenvalue weighted by Crippen LogP contribution is 2.30.